The molecule has 2 rings (SSSR count). The maximum atomic E-state index is 5.89. The Morgan fingerprint density at radius 2 is 1.77 bits per heavy atom. The molecule has 2 nitrogen and oxygen atoms in total. The molecular formula is C7H2Cl4N2. The predicted molar refractivity (Wildman–Crippen MR) is 56.1 cm³/mol. The zero-order valence-electron chi connectivity index (χ0n) is 6.04. The van der Waals surface area contributed by atoms with Crippen molar-refractivity contribution in [2.45, 2.75) is 0 Å². The van der Waals surface area contributed by atoms with E-state index in [1.807, 2.05) is 0 Å². The van der Waals surface area contributed by atoms with Crippen molar-refractivity contribution in [2.24, 2.45) is 0 Å². The molecule has 0 amide bonds. The Balaban J connectivity index is 2.92. The van der Waals surface area contributed by atoms with Gasteiger partial charge in [-0.2, -0.15) is 0 Å². The van der Waals surface area contributed by atoms with E-state index in [1.54, 1.807) is 6.07 Å². The minimum Gasteiger partial charge on any atom is -0.328 e. The first kappa shape index (κ1) is 9.41. The van der Waals surface area contributed by atoms with Gasteiger partial charge >= 0.3 is 0 Å². The fourth-order valence-corrected chi connectivity index (χ4v) is 1.86. The molecule has 0 aliphatic carbocycles. The lowest BCUT2D eigenvalue weighted by Gasteiger charge is -1.98. The van der Waals surface area contributed by atoms with Crippen LogP contribution in [0.4, 0.5) is 0 Å². The Morgan fingerprint density at radius 1 is 1.08 bits per heavy atom. The molecule has 0 aliphatic rings. The van der Waals surface area contributed by atoms with Gasteiger partial charge in [-0.3, -0.25) is 0 Å². The van der Waals surface area contributed by atoms with E-state index < -0.39 is 0 Å². The molecule has 68 valence electrons. The van der Waals surface area contributed by atoms with Gasteiger partial charge in [0, 0.05) is 0 Å². The van der Waals surface area contributed by atoms with E-state index in [4.69, 9.17) is 46.4 Å². The Bertz CT molecular complexity index is 477. The summed E-state index contributed by atoms with van der Waals surface area (Å²) in [5.74, 6) is 0. The number of hydrogen-bond acceptors (Lipinski definition) is 1. The van der Waals surface area contributed by atoms with Gasteiger partial charge in [-0.1, -0.05) is 34.8 Å². The van der Waals surface area contributed by atoms with Crippen molar-refractivity contribution in [3.05, 3.63) is 26.4 Å². The number of fused-ring (bicyclic) bond motifs is 1. The van der Waals surface area contributed by atoms with Gasteiger partial charge in [-0.05, 0) is 17.7 Å². The van der Waals surface area contributed by atoms with Crippen molar-refractivity contribution in [3.63, 3.8) is 0 Å². The summed E-state index contributed by atoms with van der Waals surface area (Å²) >= 11 is 23.1. The number of imidazole rings is 1. The van der Waals surface area contributed by atoms with Crippen LogP contribution in [0, 0.1) is 0 Å². The Kier molecular flexibility index (Phi) is 2.32. The fraction of sp³-hybridized carbons (Fsp3) is 0. The van der Waals surface area contributed by atoms with Crippen LogP contribution in [0.15, 0.2) is 6.07 Å². The van der Waals surface area contributed by atoms with E-state index >= 15 is 0 Å². The van der Waals surface area contributed by atoms with Gasteiger partial charge in [-0.15, -0.1) is 0 Å². The second kappa shape index (κ2) is 3.21. The Labute approximate surface area is 93.8 Å². The molecule has 6 heteroatoms. The number of hydrogen-bond donors (Lipinski definition) is 1. The van der Waals surface area contributed by atoms with Crippen LogP contribution in [0.5, 0.6) is 0 Å². The summed E-state index contributed by atoms with van der Waals surface area (Å²) in [7, 11) is 0. The lowest BCUT2D eigenvalue weighted by Crippen LogP contribution is -1.75. The molecule has 1 N–H and O–H groups in total. The smallest absolute Gasteiger partial charge is 0.201 e. The zero-order chi connectivity index (χ0) is 9.59. The number of aromatic amines is 1. The third-order valence-electron chi connectivity index (χ3n) is 1.58. The molecule has 0 radical (unpaired) electrons. The van der Waals surface area contributed by atoms with Crippen molar-refractivity contribution in [1.29, 1.82) is 0 Å². The summed E-state index contributed by atoms with van der Waals surface area (Å²) in [4.78, 5) is 6.74. The molecule has 1 aromatic heterocycles. The molecule has 13 heavy (non-hydrogen) atoms. The lowest BCUT2D eigenvalue weighted by atomic mass is 10.3. The molecule has 0 atom stereocenters. The van der Waals surface area contributed by atoms with Gasteiger partial charge in [0.15, 0.2) is 0 Å². The highest BCUT2D eigenvalue weighted by atomic mass is 35.5. The molecule has 2 aromatic rings. The Hall–Kier alpha value is -0.150. The topological polar surface area (TPSA) is 28.7 Å². The van der Waals surface area contributed by atoms with Crippen molar-refractivity contribution in [1.82, 2.24) is 9.97 Å². The van der Waals surface area contributed by atoms with Crippen LogP contribution in [0.25, 0.3) is 11.0 Å². The first-order valence-electron chi connectivity index (χ1n) is 3.28. The molecule has 0 aliphatic heterocycles. The van der Waals surface area contributed by atoms with Crippen LogP contribution < -0.4 is 0 Å². The third kappa shape index (κ3) is 1.48. The Morgan fingerprint density at radius 3 is 2.46 bits per heavy atom. The van der Waals surface area contributed by atoms with Crippen LogP contribution in [0.3, 0.4) is 0 Å². The largest absolute Gasteiger partial charge is 0.328 e. The highest BCUT2D eigenvalue weighted by Gasteiger charge is 2.11. The minimum absolute atomic E-state index is 0.259. The normalized spacial score (nSPS) is 11.1. The maximum absolute atomic E-state index is 5.89. The minimum atomic E-state index is 0.259. The highest BCUT2D eigenvalue weighted by Crippen LogP contribution is 2.35. The number of aromatic nitrogens is 2. The van der Waals surface area contributed by atoms with E-state index in [-0.39, 0.29) is 5.28 Å². The van der Waals surface area contributed by atoms with Gasteiger partial charge in [-0.25, -0.2) is 4.98 Å². The standard InChI is InChI=1S/C7H2Cl4N2/c8-2-1-3-6(5(10)4(2)9)13-7(11)12-3/h1H,(H,12,13). The second-order valence-corrected chi connectivity index (χ2v) is 3.93. The molecule has 0 unspecified atom stereocenters. The molecule has 0 saturated heterocycles. The van der Waals surface area contributed by atoms with E-state index in [0.717, 1.165) is 0 Å². The molecule has 1 heterocycles. The number of H-pyrrole nitrogens is 1. The van der Waals surface area contributed by atoms with Crippen molar-refractivity contribution >= 4 is 57.4 Å². The summed E-state index contributed by atoms with van der Waals surface area (Å²) in [5, 5.41) is 1.24. The van der Waals surface area contributed by atoms with E-state index in [1.165, 1.54) is 0 Å². The average molecular weight is 256 g/mol. The fourth-order valence-electron chi connectivity index (χ4n) is 1.03. The van der Waals surface area contributed by atoms with Crippen LogP contribution >= 0.6 is 46.4 Å². The molecule has 0 spiro atoms. The summed E-state index contributed by atoms with van der Waals surface area (Å²) < 4.78 is 0. The number of halogens is 4. The van der Waals surface area contributed by atoms with Crippen LogP contribution in [0.2, 0.25) is 20.4 Å². The molecule has 1 aromatic carbocycles. The number of nitrogens with one attached hydrogen (secondary N) is 1. The SMILES string of the molecule is Clc1nc2c(Cl)c(Cl)c(Cl)cc2[nH]1. The van der Waals surface area contributed by atoms with Crippen molar-refractivity contribution in [2.75, 3.05) is 0 Å². The number of rotatable bonds is 0. The van der Waals surface area contributed by atoms with Crippen molar-refractivity contribution in [3.8, 4) is 0 Å². The zero-order valence-corrected chi connectivity index (χ0v) is 9.06. The molecule has 0 fully saturated rings. The quantitative estimate of drug-likeness (QED) is 0.703. The van der Waals surface area contributed by atoms with Gasteiger partial charge in [0.2, 0.25) is 5.28 Å². The first-order valence-corrected chi connectivity index (χ1v) is 4.79. The summed E-state index contributed by atoms with van der Waals surface area (Å²) in [6, 6.07) is 1.63. The van der Waals surface area contributed by atoms with Gasteiger partial charge in [0.25, 0.3) is 0 Å². The van der Waals surface area contributed by atoms with Crippen LogP contribution in [-0.2, 0) is 0 Å². The van der Waals surface area contributed by atoms with E-state index in [0.29, 0.717) is 26.1 Å². The summed E-state index contributed by atoms with van der Waals surface area (Å²) in [5.41, 5.74) is 1.20. The summed E-state index contributed by atoms with van der Waals surface area (Å²) in [6.45, 7) is 0. The van der Waals surface area contributed by atoms with Gasteiger partial charge in [0.1, 0.15) is 5.52 Å². The first-order chi connectivity index (χ1) is 6.09. The second-order valence-electron chi connectivity index (χ2n) is 2.41. The van der Waals surface area contributed by atoms with E-state index in [9.17, 15) is 0 Å². The highest BCUT2D eigenvalue weighted by molar-refractivity contribution is 6.50. The monoisotopic (exact) mass is 254 g/mol. The van der Waals surface area contributed by atoms with E-state index in [2.05, 4.69) is 9.97 Å². The van der Waals surface area contributed by atoms with Gasteiger partial charge in [0.05, 0.1) is 20.6 Å². The van der Waals surface area contributed by atoms with Crippen molar-refractivity contribution < 1.29 is 0 Å². The third-order valence-corrected chi connectivity index (χ3v) is 3.02. The molecule has 0 saturated carbocycles. The molecular weight excluding hydrogens is 254 g/mol. The predicted octanol–water partition coefficient (Wildman–Crippen LogP) is 4.18. The average Bonchev–Trinajstić information content (AvgIpc) is 2.42. The molecule has 0 bridgehead atoms. The van der Waals surface area contributed by atoms with Gasteiger partial charge < -0.3 is 4.98 Å². The summed E-state index contributed by atoms with van der Waals surface area (Å²) in [6.07, 6.45) is 0. The number of benzene rings is 1. The van der Waals surface area contributed by atoms with Crippen LogP contribution in [-0.4, -0.2) is 9.97 Å². The number of nitrogens with zero attached hydrogens (tertiary/aromatic N) is 1. The lowest BCUT2D eigenvalue weighted by molar-refractivity contribution is 1.34. The maximum Gasteiger partial charge on any atom is 0.201 e. The van der Waals surface area contributed by atoms with Crippen LogP contribution in [0.1, 0.15) is 0 Å².